The van der Waals surface area contributed by atoms with E-state index in [9.17, 15) is 4.79 Å². The van der Waals surface area contributed by atoms with Crippen molar-refractivity contribution in [2.45, 2.75) is 26.6 Å². The van der Waals surface area contributed by atoms with E-state index in [1.807, 2.05) is 29.3 Å². The number of pyridine rings is 1. The van der Waals surface area contributed by atoms with Crippen molar-refractivity contribution in [2.75, 3.05) is 39.3 Å². The number of carbonyl (C=O) groups excluding carboxylic acids is 1. The highest BCUT2D eigenvalue weighted by molar-refractivity contribution is 5.73. The number of rotatable bonds is 5. The predicted molar refractivity (Wildman–Crippen MR) is 127 cm³/mol. The van der Waals surface area contributed by atoms with Gasteiger partial charge in [0.25, 0.3) is 0 Å². The predicted octanol–water partition coefficient (Wildman–Crippen LogP) is 2.93. The van der Waals surface area contributed by atoms with Crippen LogP contribution < -0.4 is 4.74 Å². The molecule has 0 unspecified atom stereocenters. The first-order chi connectivity index (χ1) is 16.2. The molecule has 172 valence electrons. The minimum Gasteiger partial charge on any atom is -0.492 e. The van der Waals surface area contributed by atoms with E-state index in [1.165, 1.54) is 16.8 Å². The maximum atomic E-state index is 11.6. The average molecular weight is 446 g/mol. The van der Waals surface area contributed by atoms with E-state index in [0.29, 0.717) is 6.61 Å². The number of aromatic nitrogens is 2. The zero-order chi connectivity index (χ0) is 22.6. The largest absolute Gasteiger partial charge is 0.492 e. The summed E-state index contributed by atoms with van der Waals surface area (Å²) < 4.78 is 8.24. The van der Waals surface area contributed by atoms with Crippen molar-refractivity contribution >= 4 is 5.91 Å². The number of nitrogens with zero attached hydrogens (tertiary/aromatic N) is 5. The van der Waals surface area contributed by atoms with E-state index >= 15 is 0 Å². The highest BCUT2D eigenvalue weighted by Crippen LogP contribution is 2.26. The van der Waals surface area contributed by atoms with Gasteiger partial charge in [-0.15, -0.1) is 0 Å². The molecule has 33 heavy (non-hydrogen) atoms. The minimum absolute atomic E-state index is 0.172. The van der Waals surface area contributed by atoms with Crippen molar-refractivity contribution in [3.05, 3.63) is 77.7 Å². The van der Waals surface area contributed by atoms with E-state index in [4.69, 9.17) is 4.74 Å². The van der Waals surface area contributed by atoms with E-state index in [0.717, 1.165) is 63.9 Å². The van der Waals surface area contributed by atoms with Crippen LogP contribution in [0.1, 0.15) is 23.7 Å². The van der Waals surface area contributed by atoms with Gasteiger partial charge in [-0.25, -0.2) is 4.98 Å². The molecule has 0 N–H and O–H groups in total. The summed E-state index contributed by atoms with van der Waals surface area (Å²) in [6.45, 7) is 9.28. The molecule has 1 amide bonds. The molecule has 7 nitrogen and oxygen atoms in total. The highest BCUT2D eigenvalue weighted by Gasteiger charge is 2.21. The van der Waals surface area contributed by atoms with Crippen molar-refractivity contribution in [3.63, 3.8) is 0 Å². The first kappa shape index (κ1) is 21.7. The summed E-state index contributed by atoms with van der Waals surface area (Å²) in [7, 11) is 0. The first-order valence-corrected chi connectivity index (χ1v) is 11.7. The number of piperazine rings is 1. The van der Waals surface area contributed by atoms with E-state index in [-0.39, 0.29) is 5.91 Å². The number of hydrogen-bond acceptors (Lipinski definition) is 5. The molecule has 2 aliphatic heterocycles. The Morgan fingerprint density at radius 2 is 1.85 bits per heavy atom. The van der Waals surface area contributed by atoms with Gasteiger partial charge in [0.15, 0.2) is 0 Å². The van der Waals surface area contributed by atoms with Crippen LogP contribution in [0.4, 0.5) is 0 Å². The van der Waals surface area contributed by atoms with Gasteiger partial charge in [0, 0.05) is 82.9 Å². The molecule has 1 aromatic carbocycles. The number of amides is 1. The van der Waals surface area contributed by atoms with Gasteiger partial charge in [0.2, 0.25) is 5.91 Å². The molecule has 0 atom stereocenters. The van der Waals surface area contributed by atoms with Crippen molar-refractivity contribution in [1.29, 1.82) is 0 Å². The fraction of sp³-hybridized carbons (Fsp3) is 0.385. The van der Waals surface area contributed by atoms with Crippen LogP contribution >= 0.6 is 0 Å². The Morgan fingerprint density at radius 1 is 0.970 bits per heavy atom. The van der Waals surface area contributed by atoms with Crippen LogP contribution in [0.25, 0.3) is 5.82 Å². The monoisotopic (exact) mass is 445 g/mol. The molecule has 0 bridgehead atoms. The Labute approximate surface area is 195 Å². The topological polar surface area (TPSA) is 53.8 Å². The summed E-state index contributed by atoms with van der Waals surface area (Å²) in [6.07, 6.45) is 3.90. The van der Waals surface area contributed by atoms with Gasteiger partial charge in [-0.2, -0.15) is 0 Å². The lowest BCUT2D eigenvalue weighted by molar-refractivity contribution is -0.130. The van der Waals surface area contributed by atoms with Gasteiger partial charge < -0.3 is 14.2 Å². The van der Waals surface area contributed by atoms with Crippen molar-refractivity contribution in [3.8, 4) is 11.6 Å². The minimum atomic E-state index is 0.172. The van der Waals surface area contributed by atoms with Gasteiger partial charge in [-0.3, -0.25) is 14.6 Å². The summed E-state index contributed by atoms with van der Waals surface area (Å²) in [4.78, 5) is 22.9. The number of carbonyl (C=O) groups is 1. The van der Waals surface area contributed by atoms with Gasteiger partial charge in [-0.05, 0) is 42.0 Å². The molecule has 2 aliphatic rings. The van der Waals surface area contributed by atoms with Crippen molar-refractivity contribution in [1.82, 2.24) is 24.3 Å². The van der Waals surface area contributed by atoms with Crippen LogP contribution in [-0.4, -0.2) is 69.5 Å². The Balaban J connectivity index is 1.26. The van der Waals surface area contributed by atoms with E-state index in [2.05, 4.69) is 55.9 Å². The third-order valence-electron chi connectivity index (χ3n) is 6.52. The summed E-state index contributed by atoms with van der Waals surface area (Å²) in [5.41, 5.74) is 3.76. The van der Waals surface area contributed by atoms with Crippen LogP contribution in [0.2, 0.25) is 0 Å². The van der Waals surface area contributed by atoms with Gasteiger partial charge in [-0.1, -0.05) is 12.1 Å². The second kappa shape index (κ2) is 9.77. The van der Waals surface area contributed by atoms with Crippen LogP contribution in [0.5, 0.6) is 5.75 Å². The number of ether oxygens (including phenoxy) is 1. The molecular formula is C26H31N5O2. The fourth-order valence-corrected chi connectivity index (χ4v) is 4.71. The number of hydrogen-bond donors (Lipinski definition) is 0. The standard InChI is InChI=1S/C26H31N5O2/c1-21(32)30-13-11-28(12-14-30)18-22-7-8-25-23(17-22)19-29(15-16-33-25)20-24-5-4-10-31(24)26-6-2-3-9-27-26/h2-10,17H,11-16,18-20H2,1H3. The van der Waals surface area contributed by atoms with Gasteiger partial charge in [0.1, 0.15) is 18.2 Å². The number of fused-ring (bicyclic) bond motifs is 1. The first-order valence-electron chi connectivity index (χ1n) is 11.7. The summed E-state index contributed by atoms with van der Waals surface area (Å²) in [5, 5.41) is 0. The van der Waals surface area contributed by atoms with E-state index < -0.39 is 0 Å². The molecular weight excluding hydrogens is 414 g/mol. The number of benzene rings is 1. The molecule has 2 aromatic heterocycles. The Hall–Kier alpha value is -3.16. The zero-order valence-electron chi connectivity index (χ0n) is 19.2. The lowest BCUT2D eigenvalue weighted by Gasteiger charge is -2.34. The maximum absolute atomic E-state index is 11.6. The lowest BCUT2D eigenvalue weighted by atomic mass is 10.1. The molecule has 0 saturated carbocycles. The van der Waals surface area contributed by atoms with Crippen LogP contribution in [0.3, 0.4) is 0 Å². The van der Waals surface area contributed by atoms with Crippen LogP contribution in [0, 0.1) is 0 Å². The average Bonchev–Trinajstić information content (AvgIpc) is 3.19. The molecule has 3 aromatic rings. The molecule has 1 saturated heterocycles. The molecule has 5 rings (SSSR count). The summed E-state index contributed by atoms with van der Waals surface area (Å²) in [5.74, 6) is 2.10. The smallest absolute Gasteiger partial charge is 0.219 e. The van der Waals surface area contributed by atoms with Crippen LogP contribution in [-0.2, 0) is 24.4 Å². The van der Waals surface area contributed by atoms with Crippen molar-refractivity contribution < 1.29 is 9.53 Å². The molecule has 1 fully saturated rings. The summed E-state index contributed by atoms with van der Waals surface area (Å²) in [6, 6.07) is 16.8. The molecule has 0 spiro atoms. The Bertz CT molecular complexity index is 1090. The highest BCUT2D eigenvalue weighted by atomic mass is 16.5. The fourth-order valence-electron chi connectivity index (χ4n) is 4.71. The maximum Gasteiger partial charge on any atom is 0.219 e. The van der Waals surface area contributed by atoms with Crippen molar-refractivity contribution in [2.24, 2.45) is 0 Å². The Morgan fingerprint density at radius 3 is 2.64 bits per heavy atom. The van der Waals surface area contributed by atoms with E-state index in [1.54, 1.807) is 6.92 Å². The molecule has 4 heterocycles. The lowest BCUT2D eigenvalue weighted by Crippen LogP contribution is -2.47. The summed E-state index contributed by atoms with van der Waals surface area (Å²) >= 11 is 0. The van der Waals surface area contributed by atoms with Gasteiger partial charge in [0.05, 0.1) is 0 Å². The van der Waals surface area contributed by atoms with Gasteiger partial charge >= 0.3 is 0 Å². The normalized spacial score (nSPS) is 17.3. The second-order valence-electron chi connectivity index (χ2n) is 8.84. The Kier molecular flexibility index (Phi) is 6.41. The quantitative estimate of drug-likeness (QED) is 0.605. The molecule has 0 aliphatic carbocycles. The van der Waals surface area contributed by atoms with Crippen LogP contribution in [0.15, 0.2) is 60.9 Å². The third-order valence-corrected chi connectivity index (χ3v) is 6.52. The molecule has 7 heteroatoms. The second-order valence-corrected chi connectivity index (χ2v) is 8.84. The third kappa shape index (κ3) is 5.10. The zero-order valence-corrected chi connectivity index (χ0v) is 19.2. The SMILES string of the molecule is CC(=O)N1CCN(Cc2ccc3c(c2)CN(Cc2cccn2-c2ccccn2)CCO3)CC1. The molecule has 0 radical (unpaired) electrons.